The van der Waals surface area contributed by atoms with Crippen molar-refractivity contribution < 1.29 is 13.2 Å². The van der Waals surface area contributed by atoms with Crippen LogP contribution in [0.1, 0.15) is 44.1 Å². The number of amides is 1. The summed E-state index contributed by atoms with van der Waals surface area (Å²) in [5.74, 6) is 1.04. The van der Waals surface area contributed by atoms with Crippen LogP contribution in [0, 0.1) is 5.92 Å². The van der Waals surface area contributed by atoms with Gasteiger partial charge in [-0.25, -0.2) is 8.42 Å². The topological polar surface area (TPSA) is 78.5 Å². The van der Waals surface area contributed by atoms with Gasteiger partial charge in [0.05, 0.1) is 11.5 Å². The molecule has 2 aliphatic heterocycles. The van der Waals surface area contributed by atoms with E-state index in [4.69, 9.17) is 0 Å². The van der Waals surface area contributed by atoms with E-state index < -0.39 is 9.84 Å². The second kappa shape index (κ2) is 11.8. The Morgan fingerprint density at radius 1 is 0.941 bits per heavy atom. The van der Waals surface area contributed by atoms with E-state index in [1.165, 1.54) is 11.3 Å². The van der Waals surface area contributed by atoms with Gasteiger partial charge in [-0.05, 0) is 80.8 Å². The van der Waals surface area contributed by atoms with Gasteiger partial charge in [-0.2, -0.15) is 0 Å². The molecule has 34 heavy (non-hydrogen) atoms. The molecule has 2 N–H and O–H groups in total. The van der Waals surface area contributed by atoms with Crippen LogP contribution in [0.15, 0.2) is 54.6 Å². The molecule has 0 aliphatic carbocycles. The van der Waals surface area contributed by atoms with Gasteiger partial charge in [0.2, 0.25) is 5.91 Å². The lowest BCUT2D eigenvalue weighted by Crippen LogP contribution is -2.44. The molecule has 0 radical (unpaired) electrons. The molecule has 0 unspecified atom stereocenters. The molecule has 0 spiro atoms. The van der Waals surface area contributed by atoms with E-state index in [1.54, 1.807) is 0 Å². The number of carbonyl (C=O) groups is 1. The van der Waals surface area contributed by atoms with Gasteiger partial charge < -0.3 is 15.5 Å². The average molecular weight is 484 g/mol. The monoisotopic (exact) mass is 483 g/mol. The highest BCUT2D eigenvalue weighted by Gasteiger charge is 2.28. The summed E-state index contributed by atoms with van der Waals surface area (Å²) in [7, 11) is -2.80. The van der Waals surface area contributed by atoms with Crippen molar-refractivity contribution in [2.75, 3.05) is 41.4 Å². The van der Waals surface area contributed by atoms with Crippen LogP contribution in [0.3, 0.4) is 0 Å². The minimum atomic E-state index is -2.80. The Morgan fingerprint density at radius 3 is 2.35 bits per heavy atom. The second-order valence-electron chi connectivity index (χ2n) is 9.73. The molecule has 2 heterocycles. The molecule has 0 aromatic heterocycles. The Bertz CT molecular complexity index is 1020. The summed E-state index contributed by atoms with van der Waals surface area (Å²) in [6.45, 7) is 2.77. The molecule has 2 aromatic carbocycles. The first-order chi connectivity index (χ1) is 16.5. The summed E-state index contributed by atoms with van der Waals surface area (Å²) in [6.07, 6.45) is 6.37. The fourth-order valence-corrected chi connectivity index (χ4v) is 6.81. The third-order valence-electron chi connectivity index (χ3n) is 7.00. The van der Waals surface area contributed by atoms with Crippen molar-refractivity contribution in [2.24, 2.45) is 5.92 Å². The number of carbonyl (C=O) groups excluding carboxylic acids is 1. The molecule has 4 rings (SSSR count). The quantitative estimate of drug-likeness (QED) is 0.499. The number of hydrogen-bond acceptors (Lipinski definition) is 5. The third kappa shape index (κ3) is 7.57. The van der Waals surface area contributed by atoms with E-state index in [0.717, 1.165) is 63.8 Å². The lowest BCUT2D eigenvalue weighted by atomic mass is 10.0. The number of piperidine rings is 1. The summed E-state index contributed by atoms with van der Waals surface area (Å²) >= 11 is 0. The highest BCUT2D eigenvalue weighted by atomic mass is 32.2. The van der Waals surface area contributed by atoms with Crippen LogP contribution in [0.4, 0.5) is 11.4 Å². The number of benzene rings is 2. The van der Waals surface area contributed by atoms with Gasteiger partial charge in [-0.1, -0.05) is 30.3 Å². The maximum atomic E-state index is 12.3. The van der Waals surface area contributed by atoms with Crippen molar-refractivity contribution in [1.82, 2.24) is 5.32 Å². The number of anilines is 2. The summed E-state index contributed by atoms with van der Waals surface area (Å²) in [5, 5.41) is 6.61. The second-order valence-corrected chi connectivity index (χ2v) is 12.0. The van der Waals surface area contributed by atoms with Gasteiger partial charge in [0, 0.05) is 36.9 Å². The Balaban J connectivity index is 1.13. The molecule has 0 saturated carbocycles. The molecule has 2 fully saturated rings. The van der Waals surface area contributed by atoms with E-state index in [-0.39, 0.29) is 11.8 Å². The zero-order valence-corrected chi connectivity index (χ0v) is 20.7. The number of sulfone groups is 1. The number of unbranched alkanes of at least 4 members (excludes halogenated alkanes) is 1. The van der Waals surface area contributed by atoms with Crippen LogP contribution < -0.4 is 15.5 Å². The lowest BCUT2D eigenvalue weighted by Gasteiger charge is -2.34. The number of rotatable bonds is 10. The average Bonchev–Trinajstić information content (AvgIpc) is 3.20. The van der Waals surface area contributed by atoms with Crippen molar-refractivity contribution in [3.8, 4) is 0 Å². The smallest absolute Gasteiger partial charge is 0.224 e. The minimum absolute atomic E-state index is 0.0720. The van der Waals surface area contributed by atoms with Crippen LogP contribution in [0.5, 0.6) is 0 Å². The molecule has 0 bridgehead atoms. The largest absolute Gasteiger partial charge is 0.371 e. The highest BCUT2D eigenvalue weighted by molar-refractivity contribution is 7.91. The van der Waals surface area contributed by atoms with Crippen molar-refractivity contribution in [3.63, 3.8) is 0 Å². The molecule has 2 saturated heterocycles. The van der Waals surface area contributed by atoms with Crippen LogP contribution in [0.2, 0.25) is 0 Å². The highest BCUT2D eigenvalue weighted by Crippen LogP contribution is 2.23. The van der Waals surface area contributed by atoms with Crippen LogP contribution in [0.25, 0.3) is 0 Å². The van der Waals surface area contributed by atoms with Crippen LogP contribution in [-0.2, 0) is 21.1 Å². The van der Waals surface area contributed by atoms with E-state index in [9.17, 15) is 13.2 Å². The Kier molecular flexibility index (Phi) is 8.62. The Morgan fingerprint density at radius 2 is 1.68 bits per heavy atom. The fourth-order valence-electron chi connectivity index (χ4n) is 4.95. The molecule has 7 heteroatoms. The van der Waals surface area contributed by atoms with Crippen molar-refractivity contribution >= 4 is 27.1 Å². The first-order valence-corrected chi connectivity index (χ1v) is 14.4. The van der Waals surface area contributed by atoms with Crippen molar-refractivity contribution in [1.29, 1.82) is 0 Å². The normalized spacial score (nSPS) is 20.4. The molecular formula is C27H37N3O3S. The van der Waals surface area contributed by atoms with Gasteiger partial charge in [0.15, 0.2) is 9.84 Å². The van der Waals surface area contributed by atoms with Crippen molar-refractivity contribution in [3.05, 3.63) is 60.2 Å². The Labute approximate surface area is 204 Å². The molecular weight excluding hydrogens is 446 g/mol. The molecule has 1 atom stereocenters. The predicted molar refractivity (Wildman–Crippen MR) is 139 cm³/mol. The molecule has 2 aromatic rings. The van der Waals surface area contributed by atoms with Gasteiger partial charge >= 0.3 is 0 Å². The number of nitrogens with zero attached hydrogens (tertiary/aromatic N) is 1. The zero-order chi connectivity index (χ0) is 23.8. The standard InChI is InChI=1S/C27H37N3O3S/c31-27(9-5-4-8-22-6-2-1-3-7-22)29-25-10-12-26(13-11-25)30-17-14-24(15-18-30)28-20-23-16-19-34(32,33)21-23/h1-3,6-7,10-13,23-24,28H,4-5,8-9,14-21H2,(H,29,31)/t23-/m1/s1. The molecule has 1 amide bonds. The molecule has 6 nitrogen and oxygen atoms in total. The zero-order valence-electron chi connectivity index (χ0n) is 19.9. The SMILES string of the molecule is O=C(CCCCc1ccccc1)Nc1ccc(N2CCC(NC[C@H]3CCS(=O)(=O)C3)CC2)cc1. The predicted octanol–water partition coefficient (Wildman–Crippen LogP) is 4.03. The van der Waals surface area contributed by atoms with Crippen LogP contribution in [-0.4, -0.2) is 51.5 Å². The first-order valence-electron chi connectivity index (χ1n) is 12.6. The minimum Gasteiger partial charge on any atom is -0.371 e. The van der Waals surface area contributed by atoms with Crippen LogP contribution >= 0.6 is 0 Å². The van der Waals surface area contributed by atoms with Crippen molar-refractivity contribution in [2.45, 2.75) is 51.0 Å². The summed E-state index contributed by atoms with van der Waals surface area (Å²) < 4.78 is 23.3. The van der Waals surface area contributed by atoms with Gasteiger partial charge in [-0.15, -0.1) is 0 Å². The maximum absolute atomic E-state index is 12.3. The van der Waals surface area contributed by atoms with E-state index in [1.807, 2.05) is 18.2 Å². The van der Waals surface area contributed by atoms with E-state index >= 15 is 0 Å². The molecule has 184 valence electrons. The summed E-state index contributed by atoms with van der Waals surface area (Å²) in [4.78, 5) is 14.7. The Hall–Kier alpha value is -2.38. The van der Waals surface area contributed by atoms with Gasteiger partial charge in [0.1, 0.15) is 0 Å². The lowest BCUT2D eigenvalue weighted by molar-refractivity contribution is -0.116. The fraction of sp³-hybridized carbons (Fsp3) is 0.519. The summed E-state index contributed by atoms with van der Waals surface area (Å²) in [6, 6.07) is 19.0. The van der Waals surface area contributed by atoms with Gasteiger partial charge in [-0.3, -0.25) is 4.79 Å². The summed E-state index contributed by atoms with van der Waals surface area (Å²) in [5.41, 5.74) is 3.35. The first kappa shape index (κ1) is 24.7. The van der Waals surface area contributed by atoms with E-state index in [2.05, 4.69) is 51.9 Å². The molecule has 2 aliphatic rings. The number of nitrogens with one attached hydrogen (secondary N) is 2. The third-order valence-corrected chi connectivity index (χ3v) is 8.83. The van der Waals surface area contributed by atoms with E-state index in [0.29, 0.717) is 24.0 Å². The maximum Gasteiger partial charge on any atom is 0.224 e. The number of aryl methyl sites for hydroxylation is 1. The van der Waals surface area contributed by atoms with Gasteiger partial charge in [0.25, 0.3) is 0 Å². The number of hydrogen-bond donors (Lipinski definition) is 2.